The molecule has 0 spiro atoms. The summed E-state index contributed by atoms with van der Waals surface area (Å²) in [6, 6.07) is 9.36. The third-order valence-corrected chi connectivity index (χ3v) is 2.62. The van der Waals surface area contributed by atoms with E-state index < -0.39 is 0 Å². The van der Waals surface area contributed by atoms with Crippen molar-refractivity contribution in [3.05, 3.63) is 42.6 Å². The zero-order valence-electron chi connectivity index (χ0n) is 11.1. The lowest BCUT2D eigenvalue weighted by atomic mass is 10.2. The van der Waals surface area contributed by atoms with Gasteiger partial charge in [-0.25, -0.2) is 0 Å². The molecule has 0 bridgehead atoms. The molecule has 0 fully saturated rings. The second-order valence-corrected chi connectivity index (χ2v) is 4.28. The number of carbonyl (C=O) groups excluding carboxylic acids is 1. The molecule has 4 nitrogen and oxygen atoms in total. The van der Waals surface area contributed by atoms with E-state index in [9.17, 15) is 4.79 Å². The van der Waals surface area contributed by atoms with Crippen molar-refractivity contribution < 1.29 is 9.90 Å². The summed E-state index contributed by atoms with van der Waals surface area (Å²) in [4.78, 5) is 11.5. The van der Waals surface area contributed by atoms with Crippen LogP contribution >= 0.6 is 0 Å². The minimum absolute atomic E-state index is 0.140. The summed E-state index contributed by atoms with van der Waals surface area (Å²) in [5, 5.41) is 14.5. The summed E-state index contributed by atoms with van der Waals surface area (Å²) >= 11 is 0. The first-order chi connectivity index (χ1) is 9.33. The third-order valence-electron chi connectivity index (χ3n) is 2.62. The number of hydrogen-bond acceptors (Lipinski definition) is 3. The highest BCUT2D eigenvalue weighted by molar-refractivity contribution is 5.99. The molecule has 0 heterocycles. The van der Waals surface area contributed by atoms with E-state index in [1.54, 1.807) is 6.20 Å². The van der Waals surface area contributed by atoms with Gasteiger partial charge in [-0.1, -0.05) is 31.0 Å². The molecule has 0 aliphatic carbocycles. The number of anilines is 1. The first-order valence-corrected chi connectivity index (χ1v) is 6.70. The van der Waals surface area contributed by atoms with E-state index in [0.717, 1.165) is 37.9 Å². The lowest BCUT2D eigenvalue weighted by Crippen LogP contribution is -2.11. The molecule has 0 saturated heterocycles. The van der Waals surface area contributed by atoms with Crippen molar-refractivity contribution >= 4 is 11.6 Å². The van der Waals surface area contributed by atoms with Gasteiger partial charge < -0.3 is 15.7 Å². The van der Waals surface area contributed by atoms with Crippen LogP contribution in [0.3, 0.4) is 0 Å². The van der Waals surface area contributed by atoms with Gasteiger partial charge in [0.1, 0.15) is 0 Å². The predicted molar refractivity (Wildman–Crippen MR) is 77.8 cm³/mol. The standard InChI is InChI=1S/C15H22N2O2/c18-13-7-2-1-6-11-16-12-10-15(19)17-14-8-4-3-5-9-14/h3-5,8-10,12,16,18H,1-2,6-7,11,13H2,(H,17,19)/b12-10-. The monoisotopic (exact) mass is 262 g/mol. The number of aliphatic hydroxyl groups is 1. The summed E-state index contributed by atoms with van der Waals surface area (Å²) < 4.78 is 0. The largest absolute Gasteiger partial charge is 0.396 e. The number of carbonyl (C=O) groups is 1. The molecule has 0 aliphatic rings. The molecular weight excluding hydrogens is 240 g/mol. The Labute approximate surface area is 114 Å². The number of hydrogen-bond donors (Lipinski definition) is 3. The van der Waals surface area contributed by atoms with E-state index in [0.29, 0.717) is 0 Å². The van der Waals surface area contributed by atoms with E-state index >= 15 is 0 Å². The van der Waals surface area contributed by atoms with Crippen LogP contribution in [0.1, 0.15) is 25.7 Å². The molecule has 3 N–H and O–H groups in total. The molecule has 0 radical (unpaired) electrons. The molecule has 1 aromatic rings. The Bertz CT molecular complexity index is 377. The average molecular weight is 262 g/mol. The van der Waals surface area contributed by atoms with E-state index in [1.165, 1.54) is 6.08 Å². The highest BCUT2D eigenvalue weighted by atomic mass is 16.2. The van der Waals surface area contributed by atoms with Crippen LogP contribution in [0.25, 0.3) is 0 Å². The second kappa shape index (κ2) is 10.1. The van der Waals surface area contributed by atoms with Gasteiger partial charge >= 0.3 is 0 Å². The van der Waals surface area contributed by atoms with Crippen molar-refractivity contribution in [2.24, 2.45) is 0 Å². The van der Waals surface area contributed by atoms with Gasteiger partial charge in [0.2, 0.25) is 5.91 Å². The van der Waals surface area contributed by atoms with E-state index in [4.69, 9.17) is 5.11 Å². The average Bonchev–Trinajstić information content (AvgIpc) is 2.43. The zero-order valence-corrected chi connectivity index (χ0v) is 11.1. The SMILES string of the molecule is O=C(/C=C\NCCCCCCO)Nc1ccccc1. The van der Waals surface area contributed by atoms with Crippen LogP contribution in [0.2, 0.25) is 0 Å². The third kappa shape index (κ3) is 8.00. The summed E-state index contributed by atoms with van der Waals surface area (Å²) in [5.74, 6) is -0.140. The lowest BCUT2D eigenvalue weighted by Gasteiger charge is -2.02. The van der Waals surface area contributed by atoms with Crippen molar-refractivity contribution in [2.75, 3.05) is 18.5 Å². The minimum Gasteiger partial charge on any atom is -0.396 e. The fraction of sp³-hybridized carbons (Fsp3) is 0.400. The first-order valence-electron chi connectivity index (χ1n) is 6.70. The lowest BCUT2D eigenvalue weighted by molar-refractivity contribution is -0.111. The molecule has 104 valence electrons. The van der Waals surface area contributed by atoms with Crippen molar-refractivity contribution in [1.29, 1.82) is 0 Å². The molecule has 0 saturated carbocycles. The van der Waals surface area contributed by atoms with Gasteiger partial charge in [-0.05, 0) is 25.0 Å². The molecule has 1 rings (SSSR count). The van der Waals surface area contributed by atoms with Gasteiger partial charge in [-0.2, -0.15) is 0 Å². The topological polar surface area (TPSA) is 61.4 Å². The summed E-state index contributed by atoms with van der Waals surface area (Å²) in [6.45, 7) is 1.12. The molecule has 0 atom stereocenters. The number of benzene rings is 1. The Hall–Kier alpha value is -1.81. The summed E-state index contributed by atoms with van der Waals surface area (Å²) in [7, 11) is 0. The highest BCUT2D eigenvalue weighted by Gasteiger charge is 1.95. The van der Waals surface area contributed by atoms with Crippen LogP contribution in [-0.2, 0) is 4.79 Å². The Morgan fingerprint density at radius 3 is 2.58 bits per heavy atom. The molecule has 0 aromatic heterocycles. The van der Waals surface area contributed by atoms with Crippen molar-refractivity contribution in [2.45, 2.75) is 25.7 Å². The van der Waals surface area contributed by atoms with E-state index in [1.807, 2.05) is 30.3 Å². The van der Waals surface area contributed by atoms with Gasteiger partial charge in [0, 0.05) is 31.1 Å². The van der Waals surface area contributed by atoms with Crippen molar-refractivity contribution in [3.8, 4) is 0 Å². The Balaban J connectivity index is 2.07. The van der Waals surface area contributed by atoms with E-state index in [-0.39, 0.29) is 12.5 Å². The maximum absolute atomic E-state index is 11.5. The number of amides is 1. The number of aliphatic hydroxyl groups excluding tert-OH is 1. The molecule has 0 aliphatic heterocycles. The van der Waals surface area contributed by atoms with Gasteiger partial charge in [0.05, 0.1) is 0 Å². The van der Waals surface area contributed by atoms with Gasteiger partial charge in [-0.3, -0.25) is 4.79 Å². The van der Waals surface area contributed by atoms with Crippen molar-refractivity contribution in [3.63, 3.8) is 0 Å². The minimum atomic E-state index is -0.140. The maximum Gasteiger partial charge on any atom is 0.249 e. The Morgan fingerprint density at radius 2 is 1.84 bits per heavy atom. The van der Waals surface area contributed by atoms with Crippen molar-refractivity contribution in [1.82, 2.24) is 5.32 Å². The summed E-state index contributed by atoms with van der Waals surface area (Å²) in [5.41, 5.74) is 0.793. The number of nitrogens with one attached hydrogen (secondary N) is 2. The van der Waals surface area contributed by atoms with Gasteiger partial charge in [0.15, 0.2) is 0 Å². The molecule has 4 heteroatoms. The molecule has 1 aromatic carbocycles. The number of para-hydroxylation sites is 1. The van der Waals surface area contributed by atoms with E-state index in [2.05, 4.69) is 10.6 Å². The molecule has 1 amide bonds. The predicted octanol–water partition coefficient (Wildman–Crippen LogP) is 2.28. The van der Waals surface area contributed by atoms with Crippen LogP contribution in [0.4, 0.5) is 5.69 Å². The van der Waals surface area contributed by atoms with Gasteiger partial charge in [-0.15, -0.1) is 0 Å². The van der Waals surface area contributed by atoms with Crippen LogP contribution in [0.15, 0.2) is 42.6 Å². The zero-order chi connectivity index (χ0) is 13.8. The maximum atomic E-state index is 11.5. The molecular formula is C15H22N2O2. The quantitative estimate of drug-likeness (QED) is 0.472. The summed E-state index contributed by atoms with van der Waals surface area (Å²) in [6.07, 6.45) is 7.22. The molecule has 19 heavy (non-hydrogen) atoms. The highest BCUT2D eigenvalue weighted by Crippen LogP contribution is 2.04. The first kappa shape index (κ1) is 15.2. The van der Waals surface area contributed by atoms with Gasteiger partial charge in [0.25, 0.3) is 0 Å². The molecule has 0 unspecified atom stereocenters. The van der Waals surface area contributed by atoms with Crippen LogP contribution in [0, 0.1) is 0 Å². The second-order valence-electron chi connectivity index (χ2n) is 4.28. The normalized spacial score (nSPS) is 10.6. The number of unbranched alkanes of at least 4 members (excludes halogenated alkanes) is 3. The van der Waals surface area contributed by atoms with Crippen LogP contribution < -0.4 is 10.6 Å². The van der Waals surface area contributed by atoms with Crippen LogP contribution in [0.5, 0.6) is 0 Å². The van der Waals surface area contributed by atoms with Crippen LogP contribution in [-0.4, -0.2) is 24.2 Å². The number of rotatable bonds is 9. The fourth-order valence-corrected chi connectivity index (χ4v) is 1.62. The Kier molecular flexibility index (Phi) is 8.14. The Morgan fingerprint density at radius 1 is 1.11 bits per heavy atom. The smallest absolute Gasteiger partial charge is 0.249 e. The fourth-order valence-electron chi connectivity index (χ4n) is 1.62.